The number of hydrogen-bond acceptors (Lipinski definition) is 4. The lowest BCUT2D eigenvalue weighted by Gasteiger charge is -2.32. The lowest BCUT2D eigenvalue weighted by atomic mass is 9.90. The van der Waals surface area contributed by atoms with Crippen LogP contribution < -0.4 is 10.1 Å². The normalized spacial score (nSPS) is 14.5. The number of carbonyl (C=O) groups excluding carboxylic acids is 2. The molecule has 3 rings (SSSR count). The summed E-state index contributed by atoms with van der Waals surface area (Å²) in [7, 11) is 0. The maximum absolute atomic E-state index is 12.4. The summed E-state index contributed by atoms with van der Waals surface area (Å²) in [4.78, 5) is 27.1. The highest BCUT2D eigenvalue weighted by molar-refractivity contribution is 7.12. The van der Waals surface area contributed by atoms with Gasteiger partial charge in [0, 0.05) is 26.1 Å². The van der Waals surface area contributed by atoms with Crippen molar-refractivity contribution in [3.05, 3.63) is 52.2 Å². The van der Waals surface area contributed by atoms with Crippen molar-refractivity contribution in [2.45, 2.75) is 45.4 Å². The van der Waals surface area contributed by atoms with E-state index < -0.39 is 0 Å². The fourth-order valence-corrected chi connectivity index (χ4v) is 4.50. The Kier molecular flexibility index (Phi) is 8.75. The summed E-state index contributed by atoms with van der Waals surface area (Å²) in [6.07, 6.45) is 5.60. The van der Waals surface area contributed by atoms with Crippen molar-refractivity contribution in [2.75, 3.05) is 26.2 Å². The van der Waals surface area contributed by atoms with Crippen molar-refractivity contribution >= 4 is 23.2 Å². The van der Waals surface area contributed by atoms with E-state index in [2.05, 4.69) is 17.4 Å². The molecular formula is C24H32N2O3S. The monoisotopic (exact) mass is 428 g/mol. The molecule has 0 aliphatic carbocycles. The van der Waals surface area contributed by atoms with Crippen LogP contribution in [0.2, 0.25) is 0 Å². The molecule has 0 bridgehead atoms. The van der Waals surface area contributed by atoms with Crippen LogP contribution in [0.1, 0.15) is 54.3 Å². The van der Waals surface area contributed by atoms with E-state index in [0.29, 0.717) is 36.8 Å². The van der Waals surface area contributed by atoms with Gasteiger partial charge in [-0.1, -0.05) is 18.2 Å². The summed E-state index contributed by atoms with van der Waals surface area (Å²) < 4.78 is 5.50. The van der Waals surface area contributed by atoms with Crippen molar-refractivity contribution in [3.8, 4) is 5.75 Å². The number of nitrogens with zero attached hydrogens (tertiary/aromatic N) is 1. The predicted octanol–water partition coefficient (Wildman–Crippen LogP) is 4.53. The lowest BCUT2D eigenvalue weighted by Crippen LogP contribution is -2.38. The summed E-state index contributed by atoms with van der Waals surface area (Å²) >= 11 is 1.43. The average Bonchev–Trinajstić information content (AvgIpc) is 3.32. The van der Waals surface area contributed by atoms with Gasteiger partial charge in [-0.25, -0.2) is 0 Å². The van der Waals surface area contributed by atoms with Crippen molar-refractivity contribution in [1.29, 1.82) is 0 Å². The van der Waals surface area contributed by atoms with Crippen LogP contribution in [0.25, 0.3) is 0 Å². The molecule has 1 fully saturated rings. The molecule has 0 saturated carbocycles. The number of amides is 2. The van der Waals surface area contributed by atoms with E-state index >= 15 is 0 Å². The van der Waals surface area contributed by atoms with Gasteiger partial charge in [-0.15, -0.1) is 11.3 Å². The maximum Gasteiger partial charge on any atom is 0.261 e. The first kappa shape index (κ1) is 22.3. The molecule has 0 atom stereocenters. The fraction of sp³-hybridized carbons (Fsp3) is 0.500. The molecule has 6 heteroatoms. The molecule has 1 aromatic carbocycles. The zero-order chi connectivity index (χ0) is 21.2. The quantitative estimate of drug-likeness (QED) is 0.566. The van der Waals surface area contributed by atoms with E-state index in [4.69, 9.17) is 4.74 Å². The highest BCUT2D eigenvalue weighted by Crippen LogP contribution is 2.23. The maximum atomic E-state index is 12.4. The number of piperidine rings is 1. The Labute approximate surface area is 183 Å². The molecule has 1 aliphatic heterocycles. The van der Waals surface area contributed by atoms with Crippen molar-refractivity contribution in [3.63, 3.8) is 0 Å². The fourth-order valence-electron chi connectivity index (χ4n) is 3.86. The third kappa shape index (κ3) is 6.87. The number of thiophene rings is 1. The minimum Gasteiger partial charge on any atom is -0.494 e. The summed E-state index contributed by atoms with van der Waals surface area (Å²) in [5.74, 6) is 1.78. The molecule has 1 saturated heterocycles. The van der Waals surface area contributed by atoms with Crippen LogP contribution in [0.4, 0.5) is 0 Å². The first-order valence-electron chi connectivity index (χ1n) is 11.0. The number of hydrogen-bond donors (Lipinski definition) is 1. The number of carbonyl (C=O) groups is 2. The number of benzene rings is 1. The van der Waals surface area contributed by atoms with Gasteiger partial charge in [0.25, 0.3) is 5.91 Å². The van der Waals surface area contributed by atoms with Crippen LogP contribution in [0.3, 0.4) is 0 Å². The molecule has 5 nitrogen and oxygen atoms in total. The second kappa shape index (κ2) is 11.7. The molecule has 162 valence electrons. The minimum atomic E-state index is -0.0502. The molecule has 0 radical (unpaired) electrons. The summed E-state index contributed by atoms with van der Waals surface area (Å²) in [5.41, 5.74) is 1.35. The van der Waals surface area contributed by atoms with E-state index in [0.717, 1.165) is 38.1 Å². The van der Waals surface area contributed by atoms with Crippen LogP contribution in [-0.2, 0) is 11.2 Å². The molecule has 0 spiro atoms. The predicted molar refractivity (Wildman–Crippen MR) is 121 cm³/mol. The molecular weight excluding hydrogens is 396 g/mol. The molecule has 2 heterocycles. The third-order valence-electron chi connectivity index (χ3n) is 5.64. The van der Waals surface area contributed by atoms with Gasteiger partial charge >= 0.3 is 0 Å². The molecule has 1 N–H and O–H groups in total. The zero-order valence-corrected chi connectivity index (χ0v) is 18.6. The van der Waals surface area contributed by atoms with Gasteiger partial charge < -0.3 is 15.0 Å². The summed E-state index contributed by atoms with van der Waals surface area (Å²) in [6, 6.07) is 12.1. The smallest absolute Gasteiger partial charge is 0.261 e. The van der Waals surface area contributed by atoms with Crippen LogP contribution in [0, 0.1) is 5.92 Å². The van der Waals surface area contributed by atoms with Gasteiger partial charge in [0.15, 0.2) is 0 Å². The summed E-state index contributed by atoms with van der Waals surface area (Å²) in [6.45, 7) is 4.94. The van der Waals surface area contributed by atoms with Gasteiger partial charge in [-0.05, 0) is 74.1 Å². The Balaban J connectivity index is 1.29. The number of rotatable bonds is 10. The molecule has 1 aromatic heterocycles. The standard InChI is InChI=1S/C24H32N2O3S/c1-2-29-21-11-9-19(10-12-21)7-8-20-13-16-26(17-14-20)23(27)6-3-15-25-24(28)22-5-4-18-30-22/h4-5,9-12,18,20H,2-3,6-8,13-17H2,1H3,(H,25,28). The second-order valence-electron chi connectivity index (χ2n) is 7.78. The van der Waals surface area contributed by atoms with Crippen molar-refractivity contribution in [2.24, 2.45) is 5.92 Å². The van der Waals surface area contributed by atoms with Crippen molar-refractivity contribution < 1.29 is 14.3 Å². The Bertz CT molecular complexity index is 781. The van der Waals surface area contributed by atoms with Crippen molar-refractivity contribution in [1.82, 2.24) is 10.2 Å². The molecule has 30 heavy (non-hydrogen) atoms. The third-order valence-corrected chi connectivity index (χ3v) is 6.51. The van der Waals surface area contributed by atoms with Crippen LogP contribution >= 0.6 is 11.3 Å². The highest BCUT2D eigenvalue weighted by Gasteiger charge is 2.22. The Morgan fingerprint density at radius 1 is 1.17 bits per heavy atom. The number of likely N-dealkylation sites (tertiary alicyclic amines) is 1. The topological polar surface area (TPSA) is 58.6 Å². The highest BCUT2D eigenvalue weighted by atomic mass is 32.1. The van der Waals surface area contributed by atoms with Gasteiger partial charge in [-0.2, -0.15) is 0 Å². The van der Waals surface area contributed by atoms with Gasteiger partial charge in [-0.3, -0.25) is 9.59 Å². The zero-order valence-electron chi connectivity index (χ0n) is 17.8. The van der Waals surface area contributed by atoms with Gasteiger partial charge in [0.2, 0.25) is 5.91 Å². The SMILES string of the molecule is CCOc1ccc(CCC2CCN(C(=O)CCCNC(=O)c3cccs3)CC2)cc1. The Morgan fingerprint density at radius 2 is 1.93 bits per heavy atom. The van der Waals surface area contributed by atoms with E-state index in [1.54, 1.807) is 0 Å². The average molecular weight is 429 g/mol. The molecule has 1 aliphatic rings. The van der Waals surface area contributed by atoms with Crippen LogP contribution in [0.15, 0.2) is 41.8 Å². The largest absolute Gasteiger partial charge is 0.494 e. The molecule has 2 amide bonds. The van der Waals surface area contributed by atoms with Gasteiger partial charge in [0.1, 0.15) is 5.75 Å². The van der Waals surface area contributed by atoms with Gasteiger partial charge in [0.05, 0.1) is 11.5 Å². The van der Waals surface area contributed by atoms with Crippen LogP contribution in [0.5, 0.6) is 5.75 Å². The molecule has 0 unspecified atom stereocenters. The summed E-state index contributed by atoms with van der Waals surface area (Å²) in [5, 5.41) is 4.78. The Hall–Kier alpha value is -2.34. The van der Waals surface area contributed by atoms with Crippen LogP contribution in [-0.4, -0.2) is 43.0 Å². The first-order chi connectivity index (χ1) is 14.7. The minimum absolute atomic E-state index is 0.0502. The van der Waals surface area contributed by atoms with E-state index in [-0.39, 0.29) is 11.8 Å². The number of aryl methyl sites for hydroxylation is 1. The lowest BCUT2D eigenvalue weighted by molar-refractivity contribution is -0.132. The molecule has 2 aromatic rings. The van der Waals surface area contributed by atoms with E-state index in [1.165, 1.54) is 23.3 Å². The first-order valence-corrected chi connectivity index (χ1v) is 11.8. The van der Waals surface area contributed by atoms with E-state index in [1.807, 2.05) is 41.5 Å². The Morgan fingerprint density at radius 3 is 2.60 bits per heavy atom. The second-order valence-corrected chi connectivity index (χ2v) is 8.72. The number of ether oxygens (including phenoxy) is 1. The van der Waals surface area contributed by atoms with E-state index in [9.17, 15) is 9.59 Å². The number of nitrogens with one attached hydrogen (secondary N) is 1.